The Bertz CT molecular complexity index is 646. The van der Waals surface area contributed by atoms with Crippen LogP contribution in [0.5, 0.6) is 0 Å². The highest BCUT2D eigenvalue weighted by Crippen LogP contribution is 2.17. The van der Waals surface area contributed by atoms with Crippen LogP contribution in [-0.4, -0.2) is 9.97 Å². The van der Waals surface area contributed by atoms with Gasteiger partial charge in [0.25, 0.3) is 5.56 Å². The maximum Gasteiger partial charge on any atom is 0.267 e. The highest BCUT2D eigenvalue weighted by atomic mass is 79.9. The lowest BCUT2D eigenvalue weighted by atomic mass is 10.1. The Morgan fingerprint density at radius 2 is 2.00 bits per heavy atom. The van der Waals surface area contributed by atoms with E-state index in [9.17, 15) is 9.18 Å². The van der Waals surface area contributed by atoms with Crippen molar-refractivity contribution in [3.8, 4) is 0 Å². The summed E-state index contributed by atoms with van der Waals surface area (Å²) in [6.07, 6.45) is 1.33. The Hall–Kier alpha value is -1.69. The largest absolute Gasteiger partial charge is 0.365 e. The minimum atomic E-state index is -0.246. The van der Waals surface area contributed by atoms with Crippen LogP contribution in [0, 0.1) is 19.7 Å². The van der Waals surface area contributed by atoms with Gasteiger partial charge in [0.15, 0.2) is 0 Å². The van der Waals surface area contributed by atoms with E-state index in [1.165, 1.54) is 6.33 Å². The van der Waals surface area contributed by atoms with Gasteiger partial charge in [-0.2, -0.15) is 0 Å². The standard InChI is InChI=1S/C13H13BrFN3O/c1-7-3-9(4-8(2)11(7)15)5-16-12-10(14)13(19)18-6-17-12/h3-4,6H,5H2,1-2H3,(H2,16,17,18,19). The lowest BCUT2D eigenvalue weighted by Gasteiger charge is -2.09. The molecule has 4 nitrogen and oxygen atoms in total. The molecular weight excluding hydrogens is 313 g/mol. The summed E-state index contributed by atoms with van der Waals surface area (Å²) in [6, 6.07) is 3.55. The van der Waals surface area contributed by atoms with Crippen molar-refractivity contribution in [3.05, 3.63) is 55.8 Å². The molecule has 19 heavy (non-hydrogen) atoms. The second-order valence-corrected chi connectivity index (χ2v) is 5.08. The fourth-order valence-electron chi connectivity index (χ4n) is 1.83. The van der Waals surface area contributed by atoms with Crippen molar-refractivity contribution in [3.63, 3.8) is 0 Å². The maximum absolute atomic E-state index is 13.5. The van der Waals surface area contributed by atoms with Crippen LogP contribution in [0.15, 0.2) is 27.7 Å². The molecule has 0 spiro atoms. The Morgan fingerprint density at radius 3 is 2.63 bits per heavy atom. The van der Waals surface area contributed by atoms with Crippen LogP contribution in [0.2, 0.25) is 0 Å². The Kier molecular flexibility index (Phi) is 3.99. The molecule has 0 amide bonds. The van der Waals surface area contributed by atoms with Crippen LogP contribution >= 0.6 is 15.9 Å². The first kappa shape index (κ1) is 13.7. The molecule has 6 heteroatoms. The minimum absolute atomic E-state index is 0.181. The molecule has 1 heterocycles. The average molecular weight is 326 g/mol. The smallest absolute Gasteiger partial charge is 0.267 e. The van der Waals surface area contributed by atoms with Crippen molar-refractivity contribution >= 4 is 21.7 Å². The van der Waals surface area contributed by atoms with Gasteiger partial charge < -0.3 is 10.3 Å². The van der Waals surface area contributed by atoms with E-state index in [0.29, 0.717) is 28.0 Å². The number of hydrogen-bond acceptors (Lipinski definition) is 3. The average Bonchev–Trinajstić information content (AvgIpc) is 2.37. The van der Waals surface area contributed by atoms with E-state index in [1.54, 1.807) is 26.0 Å². The summed E-state index contributed by atoms with van der Waals surface area (Å²) in [7, 11) is 0. The molecule has 0 bridgehead atoms. The number of halogens is 2. The molecule has 0 fully saturated rings. The second kappa shape index (κ2) is 5.52. The molecule has 0 aliphatic heterocycles. The Morgan fingerprint density at radius 1 is 1.37 bits per heavy atom. The van der Waals surface area contributed by atoms with E-state index < -0.39 is 0 Å². The molecule has 2 rings (SSSR count). The van der Waals surface area contributed by atoms with Crippen molar-refractivity contribution in [1.29, 1.82) is 0 Å². The number of aromatic nitrogens is 2. The van der Waals surface area contributed by atoms with Crippen LogP contribution in [0.4, 0.5) is 10.2 Å². The second-order valence-electron chi connectivity index (χ2n) is 4.29. The van der Waals surface area contributed by atoms with Crippen LogP contribution in [-0.2, 0) is 6.54 Å². The molecule has 100 valence electrons. The number of nitrogens with one attached hydrogen (secondary N) is 2. The predicted octanol–water partition coefficient (Wildman–Crippen LogP) is 2.90. The number of H-pyrrole nitrogens is 1. The molecule has 2 aromatic rings. The van der Waals surface area contributed by atoms with Crippen molar-refractivity contribution < 1.29 is 4.39 Å². The van der Waals surface area contributed by atoms with Crippen LogP contribution in [0.3, 0.4) is 0 Å². The van der Waals surface area contributed by atoms with E-state index in [4.69, 9.17) is 0 Å². The molecule has 0 atom stereocenters. The number of aromatic amines is 1. The third-order valence-electron chi connectivity index (χ3n) is 2.75. The summed E-state index contributed by atoms with van der Waals surface area (Å²) in [5.74, 6) is 0.280. The van der Waals surface area contributed by atoms with Crippen molar-refractivity contribution in [2.75, 3.05) is 5.32 Å². The summed E-state index contributed by atoms with van der Waals surface area (Å²) < 4.78 is 13.9. The molecule has 2 N–H and O–H groups in total. The summed E-state index contributed by atoms with van der Waals surface area (Å²) in [5, 5.41) is 3.04. The Balaban J connectivity index is 2.19. The van der Waals surface area contributed by atoms with E-state index in [1.807, 2.05) is 0 Å². The number of rotatable bonds is 3. The zero-order valence-electron chi connectivity index (χ0n) is 10.6. The zero-order valence-corrected chi connectivity index (χ0v) is 12.1. The first-order chi connectivity index (χ1) is 8.99. The third kappa shape index (κ3) is 3.01. The number of anilines is 1. The van der Waals surface area contributed by atoms with Crippen molar-refractivity contribution in [1.82, 2.24) is 9.97 Å². The molecule has 1 aromatic heterocycles. The van der Waals surface area contributed by atoms with E-state index in [2.05, 4.69) is 31.2 Å². The van der Waals surface area contributed by atoms with Crippen molar-refractivity contribution in [2.24, 2.45) is 0 Å². The first-order valence-corrected chi connectivity index (χ1v) is 6.51. The summed E-state index contributed by atoms with van der Waals surface area (Å²) in [4.78, 5) is 17.9. The molecule has 0 aliphatic carbocycles. The predicted molar refractivity (Wildman–Crippen MR) is 75.8 cm³/mol. The summed E-state index contributed by atoms with van der Waals surface area (Å²) >= 11 is 3.17. The van der Waals surface area contributed by atoms with E-state index in [-0.39, 0.29) is 11.4 Å². The molecule has 0 saturated heterocycles. The van der Waals surface area contributed by atoms with Crippen molar-refractivity contribution in [2.45, 2.75) is 20.4 Å². The molecule has 1 aromatic carbocycles. The first-order valence-electron chi connectivity index (χ1n) is 5.71. The van der Waals surface area contributed by atoms with E-state index in [0.717, 1.165) is 5.56 Å². The van der Waals surface area contributed by atoms with Gasteiger partial charge >= 0.3 is 0 Å². The molecular formula is C13H13BrFN3O. The van der Waals surface area contributed by atoms with Gasteiger partial charge in [0.05, 0.1) is 6.33 Å². The van der Waals surface area contributed by atoms with Crippen LogP contribution in [0.25, 0.3) is 0 Å². The van der Waals surface area contributed by atoms with Gasteiger partial charge in [0.1, 0.15) is 16.1 Å². The molecule has 0 radical (unpaired) electrons. The van der Waals surface area contributed by atoms with Crippen LogP contribution in [0.1, 0.15) is 16.7 Å². The van der Waals surface area contributed by atoms with Crippen LogP contribution < -0.4 is 10.9 Å². The maximum atomic E-state index is 13.5. The molecule has 0 saturated carbocycles. The lowest BCUT2D eigenvalue weighted by molar-refractivity contribution is 0.608. The fraction of sp³-hybridized carbons (Fsp3) is 0.231. The van der Waals surface area contributed by atoms with Gasteiger partial charge in [-0.1, -0.05) is 12.1 Å². The third-order valence-corrected chi connectivity index (χ3v) is 3.49. The minimum Gasteiger partial charge on any atom is -0.365 e. The van der Waals surface area contributed by atoms with Gasteiger partial charge in [0, 0.05) is 6.54 Å². The topological polar surface area (TPSA) is 57.8 Å². The normalized spacial score (nSPS) is 10.5. The highest BCUT2D eigenvalue weighted by Gasteiger charge is 2.07. The highest BCUT2D eigenvalue weighted by molar-refractivity contribution is 9.10. The van der Waals surface area contributed by atoms with Gasteiger partial charge in [-0.15, -0.1) is 0 Å². The molecule has 0 unspecified atom stereocenters. The quantitative estimate of drug-likeness (QED) is 0.912. The zero-order chi connectivity index (χ0) is 14.0. The number of benzene rings is 1. The SMILES string of the molecule is Cc1cc(CNc2nc[nH]c(=O)c2Br)cc(C)c1F. The van der Waals surface area contributed by atoms with Gasteiger partial charge in [-0.25, -0.2) is 9.37 Å². The van der Waals surface area contributed by atoms with E-state index >= 15 is 0 Å². The molecule has 0 aliphatic rings. The number of aryl methyl sites for hydroxylation is 2. The number of hydrogen-bond donors (Lipinski definition) is 2. The summed E-state index contributed by atoms with van der Waals surface area (Å²) in [6.45, 7) is 3.93. The fourth-order valence-corrected chi connectivity index (χ4v) is 2.19. The summed E-state index contributed by atoms with van der Waals surface area (Å²) in [5.41, 5.74) is 1.90. The Labute approximate surface area is 118 Å². The lowest BCUT2D eigenvalue weighted by Crippen LogP contribution is -2.12. The van der Waals surface area contributed by atoms with Gasteiger partial charge in [-0.3, -0.25) is 4.79 Å². The number of nitrogens with zero attached hydrogens (tertiary/aromatic N) is 1. The van der Waals surface area contributed by atoms with Gasteiger partial charge in [0.2, 0.25) is 0 Å². The monoisotopic (exact) mass is 325 g/mol. The van der Waals surface area contributed by atoms with Gasteiger partial charge in [-0.05, 0) is 46.5 Å².